The lowest BCUT2D eigenvalue weighted by atomic mass is 9.61. The number of allylic oxidation sites excluding steroid dienone is 9. The van der Waals surface area contributed by atoms with Gasteiger partial charge in [-0.2, -0.15) is 0 Å². The first kappa shape index (κ1) is 22.8. The van der Waals surface area contributed by atoms with Crippen molar-refractivity contribution in [2.45, 2.75) is 54.4 Å². The maximum Gasteiger partial charge on any atom is 0.328 e. The molecule has 0 aliphatic heterocycles. The monoisotopic (exact) mass is 396 g/mol. The second-order valence-electron chi connectivity index (χ2n) is 8.62. The number of fused-ring (bicyclic) bond motifs is 1. The molecule has 4 nitrogen and oxygen atoms in total. The van der Waals surface area contributed by atoms with Crippen LogP contribution >= 0.6 is 0 Å². The van der Waals surface area contributed by atoms with Crippen LogP contribution in [0.3, 0.4) is 0 Å². The first-order valence-corrected chi connectivity index (χ1v) is 10.2. The van der Waals surface area contributed by atoms with E-state index < -0.39 is 5.97 Å². The van der Waals surface area contributed by atoms with Crippen molar-refractivity contribution in [1.82, 2.24) is 0 Å². The van der Waals surface area contributed by atoms with E-state index in [1.807, 2.05) is 33.8 Å². The van der Waals surface area contributed by atoms with Crippen molar-refractivity contribution in [2.75, 3.05) is 0 Å². The number of ketones is 2. The number of carboxylic acid groups (broad SMARTS) is 1. The summed E-state index contributed by atoms with van der Waals surface area (Å²) >= 11 is 0. The molecule has 0 radical (unpaired) electrons. The lowest BCUT2D eigenvalue weighted by Crippen LogP contribution is -2.39. The molecular formula is C25H32O4. The third kappa shape index (κ3) is 5.53. The summed E-state index contributed by atoms with van der Waals surface area (Å²) in [4.78, 5) is 35.4. The van der Waals surface area contributed by atoms with Crippen molar-refractivity contribution in [3.63, 3.8) is 0 Å². The average Bonchev–Trinajstić information content (AvgIpc) is 2.60. The van der Waals surface area contributed by atoms with Gasteiger partial charge in [0.15, 0.2) is 0 Å². The minimum Gasteiger partial charge on any atom is -0.478 e. The normalized spacial score (nSPS) is 28.5. The average molecular weight is 397 g/mol. The Bertz CT molecular complexity index is 863. The third-order valence-corrected chi connectivity index (χ3v) is 5.97. The summed E-state index contributed by atoms with van der Waals surface area (Å²) in [6.45, 7) is 11.5. The van der Waals surface area contributed by atoms with Gasteiger partial charge in [0.2, 0.25) is 0 Å². The van der Waals surface area contributed by atoms with Gasteiger partial charge >= 0.3 is 5.97 Å². The van der Waals surface area contributed by atoms with Crippen molar-refractivity contribution < 1.29 is 19.5 Å². The predicted molar refractivity (Wildman–Crippen MR) is 115 cm³/mol. The fourth-order valence-corrected chi connectivity index (χ4v) is 4.76. The fourth-order valence-electron chi connectivity index (χ4n) is 4.76. The van der Waals surface area contributed by atoms with Crippen molar-refractivity contribution in [2.24, 2.45) is 23.7 Å². The van der Waals surface area contributed by atoms with E-state index in [0.717, 1.165) is 34.8 Å². The highest BCUT2D eigenvalue weighted by molar-refractivity contribution is 5.86. The number of carbonyl (C=O) groups is 3. The second kappa shape index (κ2) is 9.34. The van der Waals surface area contributed by atoms with E-state index in [1.165, 1.54) is 5.57 Å². The molecule has 0 saturated heterocycles. The summed E-state index contributed by atoms with van der Waals surface area (Å²) < 4.78 is 0. The van der Waals surface area contributed by atoms with Crippen LogP contribution in [-0.4, -0.2) is 22.6 Å². The summed E-state index contributed by atoms with van der Waals surface area (Å²) in [6, 6.07) is 0. The van der Waals surface area contributed by atoms with Gasteiger partial charge in [-0.15, -0.1) is 0 Å². The van der Waals surface area contributed by atoms with E-state index in [2.05, 4.69) is 19.1 Å². The summed E-state index contributed by atoms with van der Waals surface area (Å²) in [5.41, 5.74) is 5.35. The lowest BCUT2D eigenvalue weighted by Gasteiger charge is -2.42. The SMILES string of the molecule is CC(=O)CC1=C(C)C=C2C[C@H](C)C(=O)[C@H](C)C2[C@@H]1/C=C(C)/C=C(C)/C=C/C(=O)O. The van der Waals surface area contributed by atoms with Crippen molar-refractivity contribution in [3.05, 3.63) is 58.2 Å². The Morgan fingerprint density at radius 2 is 1.79 bits per heavy atom. The quantitative estimate of drug-likeness (QED) is 0.493. The van der Waals surface area contributed by atoms with Crippen LogP contribution in [0, 0.1) is 23.7 Å². The molecule has 1 saturated carbocycles. The van der Waals surface area contributed by atoms with Crippen LogP contribution in [0.4, 0.5) is 0 Å². The number of aliphatic carboxylic acids is 1. The molecule has 1 N–H and O–H groups in total. The molecule has 4 heteroatoms. The predicted octanol–water partition coefficient (Wildman–Crippen LogP) is 5.23. The minimum atomic E-state index is -0.979. The summed E-state index contributed by atoms with van der Waals surface area (Å²) in [5, 5.41) is 8.81. The molecule has 2 aliphatic carbocycles. The highest BCUT2D eigenvalue weighted by Gasteiger charge is 2.42. The Kier molecular flexibility index (Phi) is 7.34. The highest BCUT2D eigenvalue weighted by Crippen LogP contribution is 2.47. The summed E-state index contributed by atoms with van der Waals surface area (Å²) in [5.74, 6) is -0.553. The first-order valence-electron chi connectivity index (χ1n) is 10.2. The molecule has 0 bridgehead atoms. The van der Waals surface area contributed by atoms with Gasteiger partial charge in [-0.3, -0.25) is 9.59 Å². The van der Waals surface area contributed by atoms with E-state index in [0.29, 0.717) is 12.2 Å². The van der Waals surface area contributed by atoms with Gasteiger partial charge in [-0.25, -0.2) is 4.79 Å². The van der Waals surface area contributed by atoms with Crippen LogP contribution in [0.25, 0.3) is 0 Å². The van der Waals surface area contributed by atoms with Gasteiger partial charge in [0.1, 0.15) is 11.6 Å². The minimum absolute atomic E-state index is 0.00199. The molecule has 0 spiro atoms. The van der Waals surface area contributed by atoms with Crippen LogP contribution in [0.15, 0.2) is 58.2 Å². The fraction of sp³-hybridized carbons (Fsp3) is 0.480. The number of carbonyl (C=O) groups excluding carboxylic acids is 2. The largest absolute Gasteiger partial charge is 0.478 e. The molecule has 29 heavy (non-hydrogen) atoms. The van der Waals surface area contributed by atoms with Gasteiger partial charge in [-0.05, 0) is 40.0 Å². The van der Waals surface area contributed by atoms with E-state index in [-0.39, 0.29) is 29.5 Å². The molecule has 1 unspecified atom stereocenters. The Balaban J connectivity index is 2.50. The number of rotatable bonds is 6. The third-order valence-electron chi connectivity index (χ3n) is 5.97. The van der Waals surface area contributed by atoms with Gasteiger partial charge < -0.3 is 5.11 Å². The van der Waals surface area contributed by atoms with Gasteiger partial charge in [0.25, 0.3) is 0 Å². The van der Waals surface area contributed by atoms with Gasteiger partial charge in [-0.1, -0.05) is 66.0 Å². The van der Waals surface area contributed by atoms with Crippen molar-refractivity contribution in [3.8, 4) is 0 Å². The van der Waals surface area contributed by atoms with Crippen molar-refractivity contribution >= 4 is 17.5 Å². The van der Waals surface area contributed by atoms with Crippen LogP contribution in [-0.2, 0) is 14.4 Å². The maximum atomic E-state index is 12.7. The highest BCUT2D eigenvalue weighted by atomic mass is 16.4. The zero-order valence-electron chi connectivity index (χ0n) is 18.3. The molecule has 0 amide bonds. The van der Waals surface area contributed by atoms with Crippen LogP contribution in [0.5, 0.6) is 0 Å². The molecule has 4 atom stereocenters. The van der Waals surface area contributed by atoms with E-state index >= 15 is 0 Å². The van der Waals surface area contributed by atoms with Crippen molar-refractivity contribution in [1.29, 1.82) is 0 Å². The first-order chi connectivity index (χ1) is 13.5. The van der Waals surface area contributed by atoms with Crippen LogP contribution in [0.2, 0.25) is 0 Å². The Morgan fingerprint density at radius 1 is 1.14 bits per heavy atom. The summed E-state index contributed by atoms with van der Waals surface area (Å²) in [7, 11) is 0. The molecule has 1 fully saturated rings. The van der Waals surface area contributed by atoms with Gasteiger partial charge in [0, 0.05) is 30.3 Å². The molecule has 156 valence electrons. The second-order valence-corrected chi connectivity index (χ2v) is 8.62. The van der Waals surface area contributed by atoms with Crippen LogP contribution in [0.1, 0.15) is 54.4 Å². The van der Waals surface area contributed by atoms with Gasteiger partial charge in [0.05, 0.1) is 0 Å². The Hall–Kier alpha value is -2.49. The van der Waals surface area contributed by atoms with E-state index in [9.17, 15) is 14.4 Å². The molecule has 0 aromatic heterocycles. The summed E-state index contributed by atoms with van der Waals surface area (Å²) in [6.07, 6.45) is 10.1. The number of Topliss-reactive ketones (excluding diaryl/α,β-unsaturated/α-hetero) is 2. The zero-order chi connectivity index (χ0) is 21.9. The number of carboxylic acids is 1. The lowest BCUT2D eigenvalue weighted by molar-refractivity contribution is -0.131. The maximum absolute atomic E-state index is 12.7. The molecule has 0 heterocycles. The Labute approximate surface area is 173 Å². The molecule has 0 aromatic carbocycles. The zero-order valence-corrected chi connectivity index (χ0v) is 18.3. The number of hydrogen-bond donors (Lipinski definition) is 1. The van der Waals surface area contributed by atoms with E-state index in [1.54, 1.807) is 13.0 Å². The molecular weight excluding hydrogens is 364 g/mol. The topological polar surface area (TPSA) is 71.4 Å². The van der Waals surface area contributed by atoms with Crippen LogP contribution < -0.4 is 0 Å². The number of hydrogen-bond acceptors (Lipinski definition) is 3. The Morgan fingerprint density at radius 3 is 2.38 bits per heavy atom. The van der Waals surface area contributed by atoms with E-state index in [4.69, 9.17) is 5.11 Å². The standard InChI is InChI=1S/C25H32O4/c1-14(7-8-23(27)28)9-15(2)10-22-21(13-18(5)26)16(3)11-20-12-17(4)25(29)19(6)24(20)22/h7-11,17,19,22,24H,12-13H2,1-6H3,(H,27,28)/b8-7+,14-9+,15-10+/t17-,19+,22+,24?/m0/s1. The molecule has 0 aromatic rings. The molecule has 2 aliphatic rings. The molecule has 2 rings (SSSR count). The smallest absolute Gasteiger partial charge is 0.328 e.